The molecule has 0 saturated heterocycles. The van der Waals surface area contributed by atoms with E-state index < -0.39 is 8.32 Å². The Hall–Kier alpha value is -0.613. The maximum absolute atomic E-state index is 12.0. The van der Waals surface area contributed by atoms with Gasteiger partial charge in [-0.25, -0.2) is 0 Å². The van der Waals surface area contributed by atoms with Crippen LogP contribution in [-0.2, 0) is 14.0 Å². The lowest BCUT2D eigenvalue weighted by atomic mass is 9.32. The molecular weight excluding hydrogens is 496 g/mol. The van der Waals surface area contributed by atoms with E-state index in [1.54, 1.807) is 6.92 Å². The van der Waals surface area contributed by atoms with Gasteiger partial charge in [-0.2, -0.15) is 0 Å². The molecule has 0 N–H and O–H groups in total. The van der Waals surface area contributed by atoms with Crippen molar-refractivity contribution in [3.63, 3.8) is 0 Å². The Morgan fingerprint density at radius 2 is 1.51 bits per heavy atom. The van der Waals surface area contributed by atoms with Gasteiger partial charge in [0.05, 0.1) is 6.61 Å². The van der Waals surface area contributed by atoms with Crippen LogP contribution < -0.4 is 0 Å². The Morgan fingerprint density at radius 1 is 0.821 bits per heavy atom. The predicted octanol–water partition coefficient (Wildman–Crippen LogP) is 9.43. The molecule has 4 unspecified atom stereocenters. The fourth-order valence-corrected chi connectivity index (χ4v) is 12.8. The van der Waals surface area contributed by atoms with Crippen LogP contribution in [-0.4, -0.2) is 27.0 Å². The molecule has 0 amide bonds. The van der Waals surface area contributed by atoms with Crippen LogP contribution in [0.4, 0.5) is 0 Å². The molecule has 10 atom stereocenters. The summed E-state index contributed by atoms with van der Waals surface area (Å²) in [6, 6.07) is 0. The van der Waals surface area contributed by atoms with Crippen LogP contribution in [0.5, 0.6) is 0 Å². The number of rotatable bonds is 5. The molecule has 5 fully saturated rings. The molecular formula is C35H60O3Si. The molecule has 5 saturated carbocycles. The summed E-state index contributed by atoms with van der Waals surface area (Å²) in [6.07, 6.45) is 13.1. The molecule has 5 rings (SSSR count). The van der Waals surface area contributed by atoms with Gasteiger partial charge >= 0.3 is 5.97 Å². The van der Waals surface area contributed by atoms with Crippen LogP contribution in [0.3, 0.4) is 0 Å². The number of hydrogen-bond acceptors (Lipinski definition) is 3. The van der Waals surface area contributed by atoms with Crippen LogP contribution in [0.2, 0.25) is 19.6 Å². The first-order valence-electron chi connectivity index (χ1n) is 16.4. The van der Waals surface area contributed by atoms with Crippen molar-refractivity contribution in [2.24, 2.45) is 56.7 Å². The Morgan fingerprint density at radius 3 is 2.15 bits per heavy atom. The Balaban J connectivity index is 1.44. The molecule has 222 valence electrons. The van der Waals surface area contributed by atoms with Crippen molar-refractivity contribution in [2.75, 3.05) is 6.61 Å². The summed E-state index contributed by atoms with van der Waals surface area (Å²) in [7, 11) is -1.56. The van der Waals surface area contributed by atoms with E-state index in [-0.39, 0.29) is 17.5 Å². The standard InChI is InChI=1S/C35H60O3Si/c1-23(22-37-39(9,10)11)25-14-17-32(5)20-21-34(7)26(30(25)32)12-13-28-33(6)18-16-29(38-24(2)36)31(3,4)27(33)15-19-35(28,34)8/h25-30H,1,12-22H2,2-11H3/t25-,26?,27?,28?,29-,30?,32+,33-,34+,35+/m0/s1. The first-order chi connectivity index (χ1) is 17.9. The molecule has 0 aromatic rings. The first kappa shape index (κ1) is 29.9. The lowest BCUT2D eigenvalue weighted by molar-refractivity contribution is -0.249. The van der Waals surface area contributed by atoms with E-state index in [0.717, 1.165) is 30.8 Å². The van der Waals surface area contributed by atoms with Crippen molar-refractivity contribution in [1.82, 2.24) is 0 Å². The van der Waals surface area contributed by atoms with Gasteiger partial charge < -0.3 is 9.16 Å². The molecule has 5 aliphatic rings. The Labute approximate surface area is 241 Å². The highest BCUT2D eigenvalue weighted by Gasteiger charge is 2.70. The van der Waals surface area contributed by atoms with Gasteiger partial charge in [-0.3, -0.25) is 4.79 Å². The lowest BCUT2D eigenvalue weighted by Crippen LogP contribution is -2.66. The summed E-state index contributed by atoms with van der Waals surface area (Å²) in [5.41, 5.74) is 2.97. The molecule has 0 aromatic heterocycles. The van der Waals surface area contributed by atoms with Gasteiger partial charge in [0.2, 0.25) is 0 Å². The van der Waals surface area contributed by atoms with Crippen molar-refractivity contribution in [3.8, 4) is 0 Å². The van der Waals surface area contributed by atoms with E-state index in [1.807, 2.05) is 0 Å². The summed E-state index contributed by atoms with van der Waals surface area (Å²) in [5, 5.41) is 0. The number of carbonyl (C=O) groups excluding carboxylic acids is 1. The molecule has 4 heteroatoms. The third kappa shape index (κ3) is 4.47. The second-order valence-corrected chi connectivity index (χ2v) is 22.0. The van der Waals surface area contributed by atoms with E-state index in [9.17, 15) is 4.79 Å². The van der Waals surface area contributed by atoms with Gasteiger partial charge in [0, 0.05) is 12.3 Å². The maximum atomic E-state index is 12.0. The van der Waals surface area contributed by atoms with Gasteiger partial charge in [0.15, 0.2) is 8.32 Å². The summed E-state index contributed by atoms with van der Waals surface area (Å²) in [5.74, 6) is 3.44. The van der Waals surface area contributed by atoms with Gasteiger partial charge in [0.25, 0.3) is 0 Å². The predicted molar refractivity (Wildman–Crippen MR) is 164 cm³/mol. The van der Waals surface area contributed by atoms with Gasteiger partial charge in [-0.1, -0.05) is 48.1 Å². The van der Waals surface area contributed by atoms with Crippen LogP contribution in [0, 0.1) is 56.7 Å². The highest BCUT2D eigenvalue weighted by Crippen LogP contribution is 2.77. The molecule has 3 nitrogen and oxygen atoms in total. The van der Waals surface area contributed by atoms with Crippen molar-refractivity contribution in [1.29, 1.82) is 0 Å². The first-order valence-corrected chi connectivity index (χ1v) is 19.8. The average molecular weight is 557 g/mol. The second-order valence-electron chi connectivity index (χ2n) is 17.5. The van der Waals surface area contributed by atoms with E-state index >= 15 is 0 Å². The number of fused-ring (bicyclic) bond motifs is 7. The fourth-order valence-electron chi connectivity index (χ4n) is 12.2. The minimum Gasteiger partial charge on any atom is -0.462 e. The zero-order valence-electron chi connectivity index (χ0n) is 27.2. The summed E-state index contributed by atoms with van der Waals surface area (Å²) in [4.78, 5) is 12.0. The van der Waals surface area contributed by atoms with Crippen molar-refractivity contribution in [2.45, 2.75) is 138 Å². The third-order valence-electron chi connectivity index (χ3n) is 14.3. The van der Waals surface area contributed by atoms with Gasteiger partial charge in [0.1, 0.15) is 6.10 Å². The van der Waals surface area contributed by atoms with Crippen molar-refractivity contribution >= 4 is 14.3 Å². The second kappa shape index (κ2) is 9.45. The Bertz CT molecular complexity index is 996. The molecule has 0 aliphatic heterocycles. The quantitative estimate of drug-likeness (QED) is 0.192. The summed E-state index contributed by atoms with van der Waals surface area (Å²) >= 11 is 0. The smallest absolute Gasteiger partial charge is 0.302 e. The average Bonchev–Trinajstić information content (AvgIpc) is 3.17. The number of hydrogen-bond donors (Lipinski definition) is 0. The highest BCUT2D eigenvalue weighted by atomic mass is 28.4. The van der Waals surface area contributed by atoms with Crippen LogP contribution in [0.1, 0.15) is 113 Å². The number of ether oxygens (including phenoxy) is 1. The molecule has 0 heterocycles. The Kier molecular flexibility index (Phi) is 7.23. The fraction of sp³-hybridized carbons (Fsp3) is 0.914. The molecule has 39 heavy (non-hydrogen) atoms. The molecule has 0 radical (unpaired) electrons. The summed E-state index contributed by atoms with van der Waals surface area (Å²) in [6.45, 7) is 29.5. The van der Waals surface area contributed by atoms with E-state index in [0.29, 0.717) is 33.5 Å². The number of carbonyl (C=O) groups is 1. The molecule has 0 bridgehead atoms. The van der Waals surface area contributed by atoms with E-state index in [4.69, 9.17) is 15.7 Å². The van der Waals surface area contributed by atoms with Gasteiger partial charge in [-0.05, 0) is 141 Å². The zero-order valence-corrected chi connectivity index (χ0v) is 28.2. The monoisotopic (exact) mass is 556 g/mol. The van der Waals surface area contributed by atoms with Gasteiger partial charge in [-0.15, -0.1) is 0 Å². The normalized spacial score (nSPS) is 48.8. The van der Waals surface area contributed by atoms with Crippen molar-refractivity contribution in [3.05, 3.63) is 12.2 Å². The molecule has 0 spiro atoms. The molecule has 5 aliphatic carbocycles. The van der Waals surface area contributed by atoms with Crippen molar-refractivity contribution < 1.29 is 14.0 Å². The lowest BCUT2D eigenvalue weighted by Gasteiger charge is -2.73. The molecule has 0 aromatic carbocycles. The highest BCUT2D eigenvalue weighted by molar-refractivity contribution is 6.69. The SMILES string of the molecule is C=C(CO[Si](C)(C)C)[C@@H]1CC[C@]2(C)CC[C@]3(C)C(CCC4[C@@]5(C)CC[C@H](OC(C)=O)C(C)(C)C5CC[C@]43C)C12. The summed E-state index contributed by atoms with van der Waals surface area (Å²) < 4.78 is 12.4. The van der Waals surface area contributed by atoms with Crippen LogP contribution in [0.25, 0.3) is 0 Å². The minimum absolute atomic E-state index is 0.0353. The minimum atomic E-state index is -1.56. The topological polar surface area (TPSA) is 35.5 Å². The number of esters is 1. The van der Waals surface area contributed by atoms with Crippen LogP contribution in [0.15, 0.2) is 12.2 Å². The van der Waals surface area contributed by atoms with E-state index in [1.165, 1.54) is 63.4 Å². The van der Waals surface area contributed by atoms with E-state index in [2.05, 4.69) is 61.2 Å². The third-order valence-corrected chi connectivity index (χ3v) is 15.3. The largest absolute Gasteiger partial charge is 0.462 e. The maximum Gasteiger partial charge on any atom is 0.302 e. The zero-order chi connectivity index (χ0) is 28.8. The van der Waals surface area contributed by atoms with Crippen LogP contribution >= 0.6 is 0 Å².